The molecule has 1 saturated carbocycles. The lowest BCUT2D eigenvalue weighted by Crippen LogP contribution is -2.59. The normalized spacial score (nSPS) is 23.9. The van der Waals surface area contributed by atoms with E-state index in [1.165, 1.54) is 4.90 Å². The van der Waals surface area contributed by atoms with Gasteiger partial charge in [-0.2, -0.15) is 0 Å². The molecule has 2 rings (SSSR count). The third kappa shape index (κ3) is 1.81. The maximum Gasteiger partial charge on any atom is 0.324 e. The summed E-state index contributed by atoms with van der Waals surface area (Å²) in [4.78, 5) is 25.4. The SMILES string of the molecule is CCCCN1C(=O)NCC2(CCCC2)C1=O. The molecule has 1 aliphatic heterocycles. The zero-order valence-electron chi connectivity index (χ0n) is 9.92. The molecule has 90 valence electrons. The highest BCUT2D eigenvalue weighted by Gasteiger charge is 2.48. The zero-order valence-corrected chi connectivity index (χ0v) is 9.92. The van der Waals surface area contributed by atoms with Gasteiger partial charge in [0.15, 0.2) is 0 Å². The Balaban J connectivity index is 2.10. The molecule has 1 spiro atoms. The number of hydrogen-bond donors (Lipinski definition) is 1. The molecule has 0 bridgehead atoms. The van der Waals surface area contributed by atoms with Crippen LogP contribution >= 0.6 is 0 Å². The van der Waals surface area contributed by atoms with Gasteiger partial charge >= 0.3 is 6.03 Å². The van der Waals surface area contributed by atoms with Crippen molar-refractivity contribution in [1.82, 2.24) is 10.2 Å². The Morgan fingerprint density at radius 2 is 2.00 bits per heavy atom. The van der Waals surface area contributed by atoms with Crippen molar-refractivity contribution in [3.05, 3.63) is 0 Å². The summed E-state index contributed by atoms with van der Waals surface area (Å²) in [5, 5.41) is 2.87. The molecule has 0 radical (unpaired) electrons. The van der Waals surface area contributed by atoms with Gasteiger partial charge in [-0.1, -0.05) is 26.2 Å². The second-order valence-corrected chi connectivity index (χ2v) is 4.96. The van der Waals surface area contributed by atoms with Crippen LogP contribution in [0.5, 0.6) is 0 Å². The molecular formula is C12H20N2O2. The Hall–Kier alpha value is -1.06. The van der Waals surface area contributed by atoms with Crippen molar-refractivity contribution in [2.45, 2.75) is 45.4 Å². The topological polar surface area (TPSA) is 49.4 Å². The zero-order chi connectivity index (χ0) is 11.6. The molecule has 1 heterocycles. The predicted molar refractivity (Wildman–Crippen MR) is 60.9 cm³/mol. The van der Waals surface area contributed by atoms with Crippen LogP contribution in [0.1, 0.15) is 45.4 Å². The van der Waals surface area contributed by atoms with Crippen molar-refractivity contribution in [1.29, 1.82) is 0 Å². The average Bonchev–Trinajstić information content (AvgIpc) is 2.74. The molecule has 2 fully saturated rings. The van der Waals surface area contributed by atoms with E-state index in [1.54, 1.807) is 0 Å². The summed E-state index contributed by atoms with van der Waals surface area (Å²) < 4.78 is 0. The van der Waals surface area contributed by atoms with Gasteiger partial charge in [-0.15, -0.1) is 0 Å². The van der Waals surface area contributed by atoms with E-state index in [1.807, 2.05) is 0 Å². The summed E-state index contributed by atoms with van der Waals surface area (Å²) >= 11 is 0. The van der Waals surface area contributed by atoms with Gasteiger partial charge in [0.05, 0.1) is 5.41 Å². The van der Waals surface area contributed by atoms with E-state index in [9.17, 15) is 9.59 Å². The molecule has 0 atom stereocenters. The maximum atomic E-state index is 12.3. The number of rotatable bonds is 3. The van der Waals surface area contributed by atoms with Crippen LogP contribution in [-0.4, -0.2) is 29.9 Å². The lowest BCUT2D eigenvalue weighted by atomic mass is 9.83. The summed E-state index contributed by atoms with van der Waals surface area (Å²) in [6, 6.07) is -0.198. The van der Waals surface area contributed by atoms with Gasteiger partial charge in [0.25, 0.3) is 0 Å². The molecule has 1 aliphatic carbocycles. The quantitative estimate of drug-likeness (QED) is 0.796. The first kappa shape index (κ1) is 11.4. The minimum absolute atomic E-state index is 0.0715. The number of carbonyl (C=O) groups excluding carboxylic acids is 2. The molecule has 4 heteroatoms. The highest BCUT2D eigenvalue weighted by atomic mass is 16.2. The van der Waals surface area contributed by atoms with Gasteiger partial charge in [-0.25, -0.2) is 4.79 Å². The molecule has 1 saturated heterocycles. The molecule has 3 amide bonds. The number of nitrogens with zero attached hydrogens (tertiary/aromatic N) is 1. The Morgan fingerprint density at radius 1 is 1.31 bits per heavy atom. The van der Waals surface area contributed by atoms with Gasteiger partial charge in [0.2, 0.25) is 5.91 Å². The molecule has 0 aromatic heterocycles. The van der Waals surface area contributed by atoms with E-state index in [4.69, 9.17) is 0 Å². The summed E-state index contributed by atoms with van der Waals surface area (Å²) in [6.07, 6.45) is 6.01. The van der Waals surface area contributed by atoms with Crippen molar-refractivity contribution >= 4 is 11.9 Å². The number of unbranched alkanes of at least 4 members (excludes halogenated alkanes) is 1. The molecule has 0 aromatic carbocycles. The van der Waals surface area contributed by atoms with E-state index in [-0.39, 0.29) is 17.4 Å². The van der Waals surface area contributed by atoms with E-state index in [2.05, 4.69) is 12.2 Å². The van der Waals surface area contributed by atoms with Crippen molar-refractivity contribution in [3.63, 3.8) is 0 Å². The third-order valence-electron chi connectivity index (χ3n) is 3.82. The van der Waals surface area contributed by atoms with Crippen LogP contribution in [0.3, 0.4) is 0 Å². The van der Waals surface area contributed by atoms with Gasteiger partial charge in [-0.05, 0) is 19.3 Å². The molecule has 0 unspecified atom stereocenters. The minimum Gasteiger partial charge on any atom is -0.337 e. The second kappa shape index (κ2) is 4.44. The lowest BCUT2D eigenvalue weighted by Gasteiger charge is -2.38. The summed E-state index contributed by atoms with van der Waals surface area (Å²) in [7, 11) is 0. The van der Waals surface area contributed by atoms with Crippen molar-refractivity contribution in [2.24, 2.45) is 5.41 Å². The Morgan fingerprint density at radius 3 is 2.62 bits per heavy atom. The van der Waals surface area contributed by atoms with Crippen LogP contribution < -0.4 is 5.32 Å². The summed E-state index contributed by atoms with van der Waals surface area (Å²) in [6.45, 7) is 3.19. The fourth-order valence-electron chi connectivity index (χ4n) is 2.76. The molecule has 2 aliphatic rings. The van der Waals surface area contributed by atoms with E-state index in [0.717, 1.165) is 38.5 Å². The van der Waals surface area contributed by atoms with Gasteiger partial charge in [-0.3, -0.25) is 9.69 Å². The molecule has 16 heavy (non-hydrogen) atoms. The largest absolute Gasteiger partial charge is 0.337 e. The Kier molecular flexibility index (Phi) is 3.17. The molecule has 4 nitrogen and oxygen atoms in total. The summed E-state index contributed by atoms with van der Waals surface area (Å²) in [5.41, 5.74) is -0.262. The van der Waals surface area contributed by atoms with Crippen LogP contribution in [0, 0.1) is 5.41 Å². The van der Waals surface area contributed by atoms with Gasteiger partial charge in [0, 0.05) is 13.1 Å². The number of amides is 3. The highest BCUT2D eigenvalue weighted by molar-refractivity contribution is 6.00. The first-order chi connectivity index (χ1) is 7.69. The highest BCUT2D eigenvalue weighted by Crippen LogP contribution is 2.40. The summed E-state index contributed by atoms with van der Waals surface area (Å²) in [5.74, 6) is 0.0715. The van der Waals surface area contributed by atoms with Crippen molar-refractivity contribution < 1.29 is 9.59 Å². The van der Waals surface area contributed by atoms with E-state index < -0.39 is 0 Å². The van der Waals surface area contributed by atoms with Gasteiger partial charge < -0.3 is 5.32 Å². The minimum atomic E-state index is -0.262. The second-order valence-electron chi connectivity index (χ2n) is 4.96. The molecule has 0 aromatic rings. The first-order valence-electron chi connectivity index (χ1n) is 6.29. The van der Waals surface area contributed by atoms with Crippen LogP contribution in [0.2, 0.25) is 0 Å². The van der Waals surface area contributed by atoms with Crippen LogP contribution in [0.15, 0.2) is 0 Å². The smallest absolute Gasteiger partial charge is 0.324 e. The fourth-order valence-corrected chi connectivity index (χ4v) is 2.76. The van der Waals surface area contributed by atoms with Crippen LogP contribution in [0.4, 0.5) is 4.79 Å². The van der Waals surface area contributed by atoms with Crippen LogP contribution in [-0.2, 0) is 4.79 Å². The van der Waals surface area contributed by atoms with Crippen molar-refractivity contribution in [3.8, 4) is 0 Å². The van der Waals surface area contributed by atoms with Crippen molar-refractivity contribution in [2.75, 3.05) is 13.1 Å². The number of nitrogens with one attached hydrogen (secondary N) is 1. The average molecular weight is 224 g/mol. The fraction of sp³-hybridized carbons (Fsp3) is 0.833. The predicted octanol–water partition coefficient (Wildman–Crippen LogP) is 1.90. The van der Waals surface area contributed by atoms with E-state index >= 15 is 0 Å². The Labute approximate surface area is 96.4 Å². The number of urea groups is 1. The number of hydrogen-bond acceptors (Lipinski definition) is 2. The monoisotopic (exact) mass is 224 g/mol. The molecular weight excluding hydrogens is 204 g/mol. The number of imide groups is 1. The number of carbonyl (C=O) groups is 2. The van der Waals surface area contributed by atoms with Crippen LogP contribution in [0.25, 0.3) is 0 Å². The molecule has 1 N–H and O–H groups in total. The van der Waals surface area contributed by atoms with E-state index in [0.29, 0.717) is 13.1 Å². The van der Waals surface area contributed by atoms with Gasteiger partial charge in [0.1, 0.15) is 0 Å². The first-order valence-corrected chi connectivity index (χ1v) is 6.29. The Bertz CT molecular complexity index is 295. The third-order valence-corrected chi connectivity index (χ3v) is 3.82. The lowest BCUT2D eigenvalue weighted by molar-refractivity contribution is -0.140. The standard InChI is InChI=1S/C12H20N2O2/c1-2-3-8-14-10(15)12(6-4-5-7-12)9-13-11(14)16/h2-9H2,1H3,(H,13,16). The maximum absolute atomic E-state index is 12.3.